The third-order valence-electron chi connectivity index (χ3n) is 4.50. The lowest BCUT2D eigenvalue weighted by molar-refractivity contribution is -0.124. The van der Waals surface area contributed by atoms with E-state index in [1.165, 1.54) is 0 Å². The summed E-state index contributed by atoms with van der Waals surface area (Å²) in [7, 11) is 4.07. The summed E-state index contributed by atoms with van der Waals surface area (Å²) < 4.78 is 0. The second-order valence-electron chi connectivity index (χ2n) is 6.68. The molecule has 5 nitrogen and oxygen atoms in total. The third-order valence-corrected chi connectivity index (χ3v) is 4.50. The van der Waals surface area contributed by atoms with Crippen LogP contribution in [0.4, 0.5) is 5.69 Å². The minimum absolute atomic E-state index is 0.0480. The first-order valence-corrected chi connectivity index (χ1v) is 8.56. The highest BCUT2D eigenvalue weighted by Crippen LogP contribution is 2.28. The van der Waals surface area contributed by atoms with Gasteiger partial charge in [0.1, 0.15) is 0 Å². The van der Waals surface area contributed by atoms with Gasteiger partial charge in [-0.3, -0.25) is 14.8 Å². The first kappa shape index (κ1) is 17.1. The fraction of sp³-hybridized carbons (Fsp3) is 0.350. The fourth-order valence-corrected chi connectivity index (χ4v) is 3.09. The van der Waals surface area contributed by atoms with Crippen molar-refractivity contribution in [1.29, 1.82) is 0 Å². The molecule has 1 saturated heterocycles. The molecule has 0 spiro atoms. The molecular weight excluding hydrogens is 312 g/mol. The molecule has 1 atom stereocenters. The van der Waals surface area contributed by atoms with Crippen LogP contribution in [0.15, 0.2) is 42.7 Å². The molecule has 1 amide bonds. The molecule has 1 aliphatic heterocycles. The molecule has 0 N–H and O–H groups in total. The van der Waals surface area contributed by atoms with Gasteiger partial charge in [0.25, 0.3) is 0 Å². The number of likely N-dealkylation sites (tertiary alicyclic amines) is 1. The van der Waals surface area contributed by atoms with Gasteiger partial charge in [0.2, 0.25) is 5.91 Å². The van der Waals surface area contributed by atoms with Gasteiger partial charge in [-0.15, -0.1) is 0 Å². The summed E-state index contributed by atoms with van der Waals surface area (Å²) in [5, 5.41) is 0. The lowest BCUT2D eigenvalue weighted by Gasteiger charge is -2.18. The molecule has 2 aromatic heterocycles. The normalized spacial score (nSPS) is 17.2. The number of aryl methyl sites for hydroxylation is 1. The summed E-state index contributed by atoms with van der Waals surface area (Å²) in [6, 6.07) is 8.01. The Labute approximate surface area is 149 Å². The number of aromatic nitrogens is 2. The number of pyridine rings is 2. The van der Waals surface area contributed by atoms with E-state index in [9.17, 15) is 4.79 Å². The smallest absolute Gasteiger partial charge is 0.246 e. The Bertz CT molecular complexity index is 771. The van der Waals surface area contributed by atoms with Crippen LogP contribution in [-0.2, 0) is 4.79 Å². The van der Waals surface area contributed by atoms with Crippen molar-refractivity contribution < 1.29 is 4.79 Å². The Morgan fingerprint density at radius 3 is 2.92 bits per heavy atom. The van der Waals surface area contributed by atoms with Crippen LogP contribution in [0.25, 0.3) is 6.08 Å². The van der Waals surface area contributed by atoms with E-state index in [-0.39, 0.29) is 5.91 Å². The minimum Gasteiger partial charge on any atom is -0.378 e. The largest absolute Gasteiger partial charge is 0.378 e. The van der Waals surface area contributed by atoms with Crippen molar-refractivity contribution >= 4 is 17.7 Å². The molecule has 130 valence electrons. The Morgan fingerprint density at radius 2 is 2.20 bits per heavy atom. The van der Waals surface area contributed by atoms with Gasteiger partial charge in [0.15, 0.2) is 0 Å². The summed E-state index contributed by atoms with van der Waals surface area (Å²) in [6.45, 7) is 3.51. The zero-order valence-corrected chi connectivity index (χ0v) is 15.0. The van der Waals surface area contributed by atoms with Gasteiger partial charge in [0.05, 0.1) is 0 Å². The lowest BCUT2D eigenvalue weighted by atomic mass is 10.0. The second kappa shape index (κ2) is 7.47. The zero-order chi connectivity index (χ0) is 17.8. The topological polar surface area (TPSA) is 49.3 Å². The first-order valence-electron chi connectivity index (χ1n) is 8.56. The van der Waals surface area contributed by atoms with Crippen molar-refractivity contribution in [1.82, 2.24) is 14.9 Å². The maximum Gasteiger partial charge on any atom is 0.246 e. The van der Waals surface area contributed by atoms with Gasteiger partial charge in [-0.2, -0.15) is 0 Å². The number of carbonyl (C=O) groups is 1. The first-order chi connectivity index (χ1) is 12.0. The monoisotopic (exact) mass is 336 g/mol. The van der Waals surface area contributed by atoms with Crippen molar-refractivity contribution in [2.24, 2.45) is 0 Å². The van der Waals surface area contributed by atoms with E-state index < -0.39 is 0 Å². The van der Waals surface area contributed by atoms with Crippen LogP contribution in [0.3, 0.4) is 0 Å². The highest BCUT2D eigenvalue weighted by Gasteiger charge is 2.27. The SMILES string of the molecule is Cc1cc(N(C)C)cc([C@@H]2CCN(C(=O)/C=C/c3cccnc3)C2)n1. The summed E-state index contributed by atoms with van der Waals surface area (Å²) in [4.78, 5) is 25.2. The van der Waals surface area contributed by atoms with E-state index in [1.807, 2.05) is 44.1 Å². The Hall–Kier alpha value is -2.69. The predicted molar refractivity (Wildman–Crippen MR) is 101 cm³/mol. The molecule has 0 radical (unpaired) electrons. The van der Waals surface area contributed by atoms with Gasteiger partial charge in [-0.25, -0.2) is 0 Å². The number of rotatable bonds is 4. The quantitative estimate of drug-likeness (QED) is 0.806. The van der Waals surface area contributed by atoms with Gasteiger partial charge < -0.3 is 9.80 Å². The summed E-state index contributed by atoms with van der Waals surface area (Å²) in [5.41, 5.74) is 4.18. The summed E-state index contributed by atoms with van der Waals surface area (Å²) in [6.07, 6.45) is 7.87. The maximum atomic E-state index is 12.4. The summed E-state index contributed by atoms with van der Waals surface area (Å²) in [5.74, 6) is 0.348. The second-order valence-corrected chi connectivity index (χ2v) is 6.68. The van der Waals surface area contributed by atoms with Crippen molar-refractivity contribution in [3.05, 3.63) is 59.7 Å². The van der Waals surface area contributed by atoms with Gasteiger partial charge >= 0.3 is 0 Å². The van der Waals surface area contributed by atoms with Crippen LogP contribution in [0.1, 0.15) is 29.3 Å². The van der Waals surface area contributed by atoms with Crippen LogP contribution < -0.4 is 4.90 Å². The average Bonchev–Trinajstić information content (AvgIpc) is 3.10. The predicted octanol–water partition coefficient (Wildman–Crippen LogP) is 2.88. The number of anilines is 1. The molecule has 2 aromatic rings. The van der Waals surface area contributed by atoms with E-state index in [2.05, 4.69) is 22.0 Å². The maximum absolute atomic E-state index is 12.4. The van der Waals surface area contributed by atoms with Gasteiger partial charge in [0, 0.05) is 68.6 Å². The molecule has 1 aliphatic rings. The van der Waals surface area contributed by atoms with Crippen LogP contribution in [0.2, 0.25) is 0 Å². The molecule has 3 rings (SSSR count). The van der Waals surface area contributed by atoms with Crippen molar-refractivity contribution in [3.8, 4) is 0 Å². The highest BCUT2D eigenvalue weighted by atomic mass is 16.2. The molecule has 0 aromatic carbocycles. The number of hydrogen-bond donors (Lipinski definition) is 0. The highest BCUT2D eigenvalue weighted by molar-refractivity contribution is 5.92. The minimum atomic E-state index is 0.0480. The molecule has 0 unspecified atom stereocenters. The standard InChI is InChI=1S/C20H24N4O/c1-15-11-18(23(2)3)12-19(22-15)17-8-10-24(14-17)20(25)7-6-16-5-4-9-21-13-16/h4-7,9,11-13,17H,8,10,14H2,1-3H3/b7-6+/t17-/m1/s1. The van der Waals surface area contributed by atoms with E-state index >= 15 is 0 Å². The van der Waals surface area contributed by atoms with E-state index in [0.717, 1.165) is 42.1 Å². The number of nitrogens with zero attached hydrogens (tertiary/aromatic N) is 4. The molecule has 1 fully saturated rings. The molecule has 5 heteroatoms. The Kier molecular flexibility index (Phi) is 5.12. The van der Waals surface area contributed by atoms with Crippen molar-refractivity contribution in [2.45, 2.75) is 19.3 Å². The van der Waals surface area contributed by atoms with Crippen LogP contribution >= 0.6 is 0 Å². The van der Waals surface area contributed by atoms with Gasteiger partial charge in [-0.1, -0.05) is 6.07 Å². The summed E-state index contributed by atoms with van der Waals surface area (Å²) >= 11 is 0. The Balaban J connectivity index is 1.67. The van der Waals surface area contributed by atoms with Crippen LogP contribution in [-0.4, -0.2) is 48.0 Å². The molecular formula is C20H24N4O. The van der Waals surface area contributed by atoms with E-state index in [0.29, 0.717) is 5.92 Å². The van der Waals surface area contributed by atoms with Crippen LogP contribution in [0, 0.1) is 6.92 Å². The van der Waals surface area contributed by atoms with E-state index in [1.54, 1.807) is 18.5 Å². The van der Waals surface area contributed by atoms with Crippen molar-refractivity contribution in [2.75, 3.05) is 32.1 Å². The fourth-order valence-electron chi connectivity index (χ4n) is 3.09. The zero-order valence-electron chi connectivity index (χ0n) is 15.0. The molecule has 25 heavy (non-hydrogen) atoms. The Morgan fingerprint density at radius 1 is 1.36 bits per heavy atom. The molecule has 0 saturated carbocycles. The molecule has 0 aliphatic carbocycles. The average molecular weight is 336 g/mol. The van der Waals surface area contributed by atoms with Crippen molar-refractivity contribution in [3.63, 3.8) is 0 Å². The van der Waals surface area contributed by atoms with Crippen LogP contribution in [0.5, 0.6) is 0 Å². The number of carbonyl (C=O) groups excluding carboxylic acids is 1. The number of hydrogen-bond acceptors (Lipinski definition) is 4. The molecule has 3 heterocycles. The third kappa shape index (κ3) is 4.24. The molecule has 0 bridgehead atoms. The van der Waals surface area contributed by atoms with E-state index in [4.69, 9.17) is 4.98 Å². The number of amides is 1. The lowest BCUT2D eigenvalue weighted by Crippen LogP contribution is -2.26. The van der Waals surface area contributed by atoms with Gasteiger partial charge in [-0.05, 0) is 43.2 Å².